The van der Waals surface area contributed by atoms with E-state index in [0.717, 1.165) is 22.0 Å². The lowest BCUT2D eigenvalue weighted by atomic mass is 10.0. The lowest BCUT2D eigenvalue weighted by Gasteiger charge is -2.12. The topological polar surface area (TPSA) is 22.0 Å². The minimum absolute atomic E-state index is 0.128. The Bertz CT molecular complexity index is 829. The fraction of sp³-hybridized carbons (Fsp3) is 0.167. The number of benzene rings is 2. The minimum Gasteiger partial charge on any atom is -0.344 e. The zero-order valence-corrected chi connectivity index (χ0v) is 11.1. The molecule has 98 valence electrons. The first-order valence-electron chi connectivity index (χ1n) is 7.04. The van der Waals surface area contributed by atoms with Crippen LogP contribution in [0.25, 0.3) is 22.0 Å². The number of fused-ring (bicyclic) bond motifs is 1. The Kier molecular flexibility index (Phi) is 2.49. The van der Waals surface area contributed by atoms with Gasteiger partial charge in [0.2, 0.25) is 0 Å². The number of rotatable bonds is 2. The highest BCUT2D eigenvalue weighted by Crippen LogP contribution is 2.37. The number of hydrogen-bond donors (Lipinski definition) is 0. The van der Waals surface area contributed by atoms with Crippen LogP contribution in [-0.2, 0) is 0 Å². The summed E-state index contributed by atoms with van der Waals surface area (Å²) in [7, 11) is 0. The summed E-state index contributed by atoms with van der Waals surface area (Å²) in [4.78, 5) is 12.7. The van der Waals surface area contributed by atoms with E-state index in [-0.39, 0.29) is 5.43 Å². The molecule has 3 aromatic rings. The maximum absolute atomic E-state index is 12.7. The molecule has 2 nitrogen and oxygen atoms in total. The number of nitrogens with zero attached hydrogens (tertiary/aromatic N) is 1. The van der Waals surface area contributed by atoms with Crippen LogP contribution < -0.4 is 5.43 Å². The van der Waals surface area contributed by atoms with Crippen LogP contribution in [0.1, 0.15) is 18.9 Å². The Morgan fingerprint density at radius 2 is 1.60 bits per heavy atom. The monoisotopic (exact) mass is 261 g/mol. The van der Waals surface area contributed by atoms with E-state index >= 15 is 0 Å². The molecule has 0 radical (unpaired) electrons. The van der Waals surface area contributed by atoms with Gasteiger partial charge in [0.05, 0.1) is 5.52 Å². The molecular formula is C18H15NO. The number of hydrogen-bond acceptors (Lipinski definition) is 1. The first-order valence-corrected chi connectivity index (χ1v) is 7.04. The van der Waals surface area contributed by atoms with Crippen molar-refractivity contribution in [2.75, 3.05) is 0 Å². The predicted molar refractivity (Wildman–Crippen MR) is 81.9 cm³/mol. The third-order valence-corrected chi connectivity index (χ3v) is 3.96. The van der Waals surface area contributed by atoms with Crippen molar-refractivity contribution in [3.8, 4) is 11.1 Å². The minimum atomic E-state index is 0.128. The van der Waals surface area contributed by atoms with Crippen molar-refractivity contribution in [3.63, 3.8) is 0 Å². The van der Waals surface area contributed by atoms with Gasteiger partial charge in [-0.05, 0) is 30.5 Å². The van der Waals surface area contributed by atoms with E-state index in [0.29, 0.717) is 6.04 Å². The molecule has 1 aromatic heterocycles. The van der Waals surface area contributed by atoms with Gasteiger partial charge in [-0.2, -0.15) is 0 Å². The molecular weight excluding hydrogens is 246 g/mol. The van der Waals surface area contributed by atoms with Crippen molar-refractivity contribution >= 4 is 10.9 Å². The molecule has 0 aliphatic heterocycles. The van der Waals surface area contributed by atoms with Crippen LogP contribution in [0.2, 0.25) is 0 Å². The molecule has 20 heavy (non-hydrogen) atoms. The second-order valence-electron chi connectivity index (χ2n) is 5.39. The molecule has 1 aliphatic carbocycles. The zero-order valence-electron chi connectivity index (χ0n) is 11.1. The Hall–Kier alpha value is -2.35. The van der Waals surface area contributed by atoms with E-state index in [2.05, 4.69) is 4.57 Å². The van der Waals surface area contributed by atoms with Gasteiger partial charge < -0.3 is 4.57 Å². The number of pyridine rings is 1. The quantitative estimate of drug-likeness (QED) is 0.683. The van der Waals surface area contributed by atoms with E-state index in [4.69, 9.17) is 0 Å². The van der Waals surface area contributed by atoms with E-state index in [9.17, 15) is 4.79 Å². The Morgan fingerprint density at radius 1 is 0.900 bits per heavy atom. The number of aromatic nitrogens is 1. The van der Waals surface area contributed by atoms with Crippen molar-refractivity contribution in [1.29, 1.82) is 0 Å². The summed E-state index contributed by atoms with van der Waals surface area (Å²) >= 11 is 0. The van der Waals surface area contributed by atoms with Gasteiger partial charge in [-0.15, -0.1) is 0 Å². The largest absolute Gasteiger partial charge is 0.344 e. The molecule has 1 fully saturated rings. The maximum Gasteiger partial charge on any atom is 0.197 e. The van der Waals surface area contributed by atoms with E-state index in [1.54, 1.807) is 0 Å². The summed E-state index contributed by atoms with van der Waals surface area (Å²) in [6.07, 6.45) is 4.46. The summed E-state index contributed by atoms with van der Waals surface area (Å²) in [5.74, 6) is 0. The molecule has 0 bridgehead atoms. The third-order valence-electron chi connectivity index (χ3n) is 3.96. The van der Waals surface area contributed by atoms with Crippen LogP contribution in [0.4, 0.5) is 0 Å². The highest BCUT2D eigenvalue weighted by Gasteiger charge is 2.25. The van der Waals surface area contributed by atoms with E-state index in [1.807, 2.05) is 60.8 Å². The predicted octanol–water partition coefficient (Wildman–Crippen LogP) is 4.00. The zero-order chi connectivity index (χ0) is 13.5. The maximum atomic E-state index is 12.7. The summed E-state index contributed by atoms with van der Waals surface area (Å²) < 4.78 is 2.28. The van der Waals surface area contributed by atoms with Crippen LogP contribution in [0.5, 0.6) is 0 Å². The summed E-state index contributed by atoms with van der Waals surface area (Å²) in [5, 5.41) is 0.820. The van der Waals surface area contributed by atoms with Gasteiger partial charge in [0, 0.05) is 23.2 Å². The van der Waals surface area contributed by atoms with Crippen molar-refractivity contribution in [3.05, 3.63) is 71.0 Å². The molecule has 0 unspecified atom stereocenters. The summed E-state index contributed by atoms with van der Waals surface area (Å²) in [6.45, 7) is 0. The molecule has 0 spiro atoms. The molecule has 1 saturated carbocycles. The average molecular weight is 261 g/mol. The van der Waals surface area contributed by atoms with Gasteiger partial charge >= 0.3 is 0 Å². The molecule has 1 aliphatic rings. The second-order valence-corrected chi connectivity index (χ2v) is 5.39. The lowest BCUT2D eigenvalue weighted by Crippen LogP contribution is -2.11. The van der Waals surface area contributed by atoms with Gasteiger partial charge in [0.25, 0.3) is 0 Å². The van der Waals surface area contributed by atoms with Gasteiger partial charge in [0.15, 0.2) is 5.43 Å². The SMILES string of the molecule is O=c1c(-c2ccccc2)cn(C2CC2)c2ccccc12. The molecule has 2 aromatic carbocycles. The number of para-hydroxylation sites is 1. The summed E-state index contributed by atoms with van der Waals surface area (Å²) in [6, 6.07) is 18.4. The normalized spacial score (nSPS) is 14.6. The van der Waals surface area contributed by atoms with Gasteiger partial charge in [-0.3, -0.25) is 4.79 Å². The fourth-order valence-electron chi connectivity index (χ4n) is 2.78. The standard InChI is InChI=1S/C18H15NO/c20-18-15-8-4-5-9-17(15)19(14-10-11-14)12-16(18)13-6-2-1-3-7-13/h1-9,12,14H,10-11H2. The van der Waals surface area contributed by atoms with Crippen LogP contribution in [-0.4, -0.2) is 4.57 Å². The highest BCUT2D eigenvalue weighted by molar-refractivity contribution is 5.84. The van der Waals surface area contributed by atoms with Gasteiger partial charge in [-0.1, -0.05) is 42.5 Å². The molecule has 4 rings (SSSR count). The van der Waals surface area contributed by atoms with Crippen molar-refractivity contribution in [2.45, 2.75) is 18.9 Å². The molecule has 2 heteroatoms. The highest BCUT2D eigenvalue weighted by atomic mass is 16.1. The van der Waals surface area contributed by atoms with Crippen LogP contribution in [0.15, 0.2) is 65.6 Å². The van der Waals surface area contributed by atoms with Crippen LogP contribution in [0.3, 0.4) is 0 Å². The molecule has 0 N–H and O–H groups in total. The van der Waals surface area contributed by atoms with Crippen molar-refractivity contribution in [1.82, 2.24) is 4.57 Å². The van der Waals surface area contributed by atoms with Crippen LogP contribution in [0, 0.1) is 0 Å². The average Bonchev–Trinajstić information content (AvgIpc) is 3.34. The third kappa shape index (κ3) is 1.76. The van der Waals surface area contributed by atoms with Crippen LogP contribution >= 0.6 is 0 Å². The second kappa shape index (κ2) is 4.34. The van der Waals surface area contributed by atoms with Crippen molar-refractivity contribution < 1.29 is 0 Å². The van der Waals surface area contributed by atoms with E-state index in [1.165, 1.54) is 12.8 Å². The molecule has 1 heterocycles. The van der Waals surface area contributed by atoms with Gasteiger partial charge in [0.1, 0.15) is 0 Å². The van der Waals surface area contributed by atoms with Crippen molar-refractivity contribution in [2.24, 2.45) is 0 Å². The first kappa shape index (κ1) is 11.5. The lowest BCUT2D eigenvalue weighted by molar-refractivity contribution is 0.768. The Balaban J connectivity index is 2.07. The Labute approximate surface area is 117 Å². The fourth-order valence-corrected chi connectivity index (χ4v) is 2.78. The first-order chi connectivity index (χ1) is 9.84. The van der Waals surface area contributed by atoms with Gasteiger partial charge in [-0.25, -0.2) is 0 Å². The summed E-state index contributed by atoms with van der Waals surface area (Å²) in [5.41, 5.74) is 2.98. The van der Waals surface area contributed by atoms with E-state index < -0.39 is 0 Å². The molecule has 0 amide bonds. The Morgan fingerprint density at radius 3 is 2.35 bits per heavy atom. The molecule has 0 saturated heterocycles. The molecule has 0 atom stereocenters. The smallest absolute Gasteiger partial charge is 0.197 e.